The molecule has 11 heteroatoms. The topological polar surface area (TPSA) is 104 Å². The molecule has 1 aliphatic heterocycles. The number of aliphatic hydroxyl groups excluding tert-OH is 1. The number of hydrogen-bond donors (Lipinski definition) is 2. The van der Waals surface area contributed by atoms with E-state index in [0.717, 1.165) is 4.90 Å². The Morgan fingerprint density at radius 2 is 1.64 bits per heavy atom. The highest BCUT2D eigenvalue weighted by molar-refractivity contribution is 8.16. The Balaban J connectivity index is 2.01. The summed E-state index contributed by atoms with van der Waals surface area (Å²) in [5, 5.41) is 19.1. The summed E-state index contributed by atoms with van der Waals surface area (Å²) in [6.45, 7) is 8.43. The Hall–Kier alpha value is -2.73. The normalized spacial score (nSPS) is 18.6. The fraction of sp³-hybridized carbons (Fsp3) is 0.357. The van der Waals surface area contributed by atoms with Crippen molar-refractivity contribution in [2.45, 2.75) is 46.1 Å². The number of aliphatic hydroxyl groups is 1. The summed E-state index contributed by atoms with van der Waals surface area (Å²) in [5.41, 5.74) is 0.0238. The first-order valence-electron chi connectivity index (χ1n) is 12.2. The third-order valence-electron chi connectivity index (χ3n) is 5.81. The van der Waals surface area contributed by atoms with Gasteiger partial charge in [-0.2, -0.15) is 0 Å². The number of carbonyl (C=O) groups is 3. The smallest absolute Gasteiger partial charge is 0.357 e. The molecule has 208 valence electrons. The molecule has 0 unspecified atom stereocenters. The van der Waals surface area contributed by atoms with Crippen molar-refractivity contribution in [3.63, 3.8) is 0 Å². The van der Waals surface area contributed by atoms with E-state index in [0.29, 0.717) is 33.5 Å². The van der Waals surface area contributed by atoms with Crippen molar-refractivity contribution in [1.82, 2.24) is 4.90 Å². The van der Waals surface area contributed by atoms with E-state index in [1.165, 1.54) is 30.8 Å². The van der Waals surface area contributed by atoms with E-state index in [4.69, 9.17) is 17.0 Å². The van der Waals surface area contributed by atoms with E-state index >= 15 is 0 Å². The number of carboxylic acids is 1. The molecule has 0 radical (unpaired) electrons. The lowest BCUT2D eigenvalue weighted by molar-refractivity contribution is -0.157. The van der Waals surface area contributed by atoms with Gasteiger partial charge in [0, 0.05) is 5.41 Å². The first-order valence-corrected chi connectivity index (χ1v) is 14.4. The van der Waals surface area contributed by atoms with Crippen molar-refractivity contribution in [2.24, 2.45) is 11.3 Å². The van der Waals surface area contributed by atoms with Crippen LogP contribution in [0.5, 0.6) is 5.75 Å². The van der Waals surface area contributed by atoms with Crippen LogP contribution in [0.1, 0.15) is 45.7 Å². The molecule has 1 saturated heterocycles. The van der Waals surface area contributed by atoms with Crippen molar-refractivity contribution in [1.29, 1.82) is 0 Å². The van der Waals surface area contributed by atoms with Gasteiger partial charge in [0.25, 0.3) is 0 Å². The average molecular weight is 592 g/mol. The number of thioether (sulfide) groups is 2. The highest BCUT2D eigenvalue weighted by Gasteiger charge is 2.54. The van der Waals surface area contributed by atoms with Gasteiger partial charge < -0.3 is 14.9 Å². The number of carbonyl (C=O) groups excluding carboxylic acids is 2. The maximum Gasteiger partial charge on any atom is 0.357 e. The van der Waals surface area contributed by atoms with E-state index in [1.807, 2.05) is 6.92 Å². The van der Waals surface area contributed by atoms with Crippen LogP contribution < -0.4 is 4.74 Å². The number of thiocarbonyl (C=S) groups is 1. The van der Waals surface area contributed by atoms with Crippen LogP contribution in [-0.2, 0) is 14.4 Å². The second-order valence-electron chi connectivity index (χ2n) is 9.86. The quantitative estimate of drug-likeness (QED) is 0.123. The molecule has 1 fully saturated rings. The SMILES string of the molecule is CCS[C@@H]1[C@@H]([C@@H](C)O)C(=O)N1C(C(=O)O)=C(Oc1ccc(C(=S)c2ccc(F)cc2)cc1)SC(=O)C(C)(C)C. The number of halogens is 1. The van der Waals surface area contributed by atoms with Crippen molar-refractivity contribution >= 4 is 57.6 Å². The molecular weight excluding hydrogens is 562 g/mol. The number of benzene rings is 2. The van der Waals surface area contributed by atoms with Crippen LogP contribution in [0, 0.1) is 17.2 Å². The van der Waals surface area contributed by atoms with E-state index in [-0.39, 0.29) is 21.8 Å². The Morgan fingerprint density at radius 1 is 1.10 bits per heavy atom. The average Bonchev–Trinajstić information content (AvgIpc) is 2.86. The number of ether oxygens (including phenoxy) is 1. The monoisotopic (exact) mass is 591 g/mol. The molecule has 7 nitrogen and oxygen atoms in total. The fourth-order valence-corrected chi connectivity index (χ4v) is 6.13. The molecule has 3 rings (SSSR count). The Bertz CT molecular complexity index is 1290. The van der Waals surface area contributed by atoms with Crippen LogP contribution in [0.15, 0.2) is 59.3 Å². The highest BCUT2D eigenvalue weighted by atomic mass is 32.2. The molecule has 1 aliphatic rings. The first-order chi connectivity index (χ1) is 18.3. The third kappa shape index (κ3) is 7.08. The van der Waals surface area contributed by atoms with Gasteiger partial charge in [-0.1, -0.05) is 52.0 Å². The van der Waals surface area contributed by atoms with E-state index in [1.54, 1.807) is 57.2 Å². The second kappa shape index (κ2) is 12.6. The van der Waals surface area contributed by atoms with E-state index in [2.05, 4.69) is 0 Å². The zero-order chi connectivity index (χ0) is 29.1. The number of amides is 1. The zero-order valence-electron chi connectivity index (χ0n) is 22.1. The Labute approximate surface area is 240 Å². The number of nitrogens with zero attached hydrogens (tertiary/aromatic N) is 1. The van der Waals surface area contributed by atoms with Gasteiger partial charge >= 0.3 is 5.97 Å². The first kappa shape index (κ1) is 30.8. The molecule has 2 N–H and O–H groups in total. The predicted molar refractivity (Wildman–Crippen MR) is 155 cm³/mol. The van der Waals surface area contributed by atoms with Gasteiger partial charge in [-0.3, -0.25) is 14.5 Å². The predicted octanol–water partition coefficient (Wildman–Crippen LogP) is 5.45. The van der Waals surface area contributed by atoms with Gasteiger partial charge in [-0.25, -0.2) is 9.18 Å². The fourth-order valence-electron chi connectivity index (χ4n) is 3.71. The maximum atomic E-state index is 13.3. The van der Waals surface area contributed by atoms with Crippen molar-refractivity contribution in [3.05, 3.63) is 76.3 Å². The van der Waals surface area contributed by atoms with Gasteiger partial charge in [0.2, 0.25) is 11.0 Å². The number of likely N-dealkylation sites (tertiary alicyclic amines) is 1. The van der Waals surface area contributed by atoms with E-state index < -0.39 is 40.4 Å². The van der Waals surface area contributed by atoms with Crippen molar-refractivity contribution in [2.75, 3.05) is 5.75 Å². The van der Waals surface area contributed by atoms with Crippen molar-refractivity contribution < 1.29 is 33.7 Å². The minimum absolute atomic E-state index is 0.225. The summed E-state index contributed by atoms with van der Waals surface area (Å²) in [7, 11) is 0. The largest absolute Gasteiger partial charge is 0.476 e. The van der Waals surface area contributed by atoms with Gasteiger partial charge in [0.05, 0.1) is 22.3 Å². The summed E-state index contributed by atoms with van der Waals surface area (Å²) in [6, 6.07) is 12.3. The lowest BCUT2D eigenvalue weighted by Gasteiger charge is -2.47. The lowest BCUT2D eigenvalue weighted by Crippen LogP contribution is -2.63. The van der Waals surface area contributed by atoms with Gasteiger partial charge in [0.1, 0.15) is 11.6 Å². The minimum Gasteiger partial charge on any atom is -0.476 e. The zero-order valence-corrected chi connectivity index (χ0v) is 24.6. The molecule has 39 heavy (non-hydrogen) atoms. The maximum absolute atomic E-state index is 13.3. The van der Waals surface area contributed by atoms with Crippen molar-refractivity contribution in [3.8, 4) is 5.75 Å². The highest BCUT2D eigenvalue weighted by Crippen LogP contribution is 2.43. The molecule has 1 heterocycles. The summed E-state index contributed by atoms with van der Waals surface area (Å²) in [6.07, 6.45) is -0.974. The van der Waals surface area contributed by atoms with Crippen LogP contribution in [0.3, 0.4) is 0 Å². The van der Waals surface area contributed by atoms with Crippen LogP contribution in [0.2, 0.25) is 0 Å². The number of hydrogen-bond acceptors (Lipinski definition) is 8. The summed E-state index contributed by atoms with van der Waals surface area (Å²) >= 11 is 7.45. The molecule has 0 saturated carbocycles. The molecule has 0 spiro atoms. The van der Waals surface area contributed by atoms with Crippen LogP contribution >= 0.6 is 35.7 Å². The Kier molecular flexibility index (Phi) is 9.98. The summed E-state index contributed by atoms with van der Waals surface area (Å²) in [4.78, 5) is 40.1. The molecule has 0 bridgehead atoms. The Morgan fingerprint density at radius 3 is 2.10 bits per heavy atom. The summed E-state index contributed by atoms with van der Waals surface area (Å²) < 4.78 is 19.3. The molecule has 2 aromatic rings. The number of β-lactam (4-membered cyclic amide) rings is 1. The number of carboxylic acid groups (broad SMARTS) is 1. The van der Waals surface area contributed by atoms with Gasteiger partial charge in [0.15, 0.2) is 10.8 Å². The molecule has 0 aromatic heterocycles. The lowest BCUT2D eigenvalue weighted by atomic mass is 9.92. The molecule has 0 aliphatic carbocycles. The molecule has 2 aromatic carbocycles. The van der Waals surface area contributed by atoms with E-state index in [9.17, 15) is 29.0 Å². The second-order valence-corrected chi connectivity index (χ2v) is 12.6. The van der Waals surface area contributed by atoms with Gasteiger partial charge in [-0.05, 0) is 72.0 Å². The van der Waals surface area contributed by atoms with Crippen LogP contribution in [0.25, 0.3) is 0 Å². The molecule has 1 amide bonds. The number of rotatable bonds is 10. The van der Waals surface area contributed by atoms with Crippen LogP contribution in [-0.4, -0.2) is 54.2 Å². The standard InChI is InChI=1S/C28H30FNO6S3/c1-6-38-24-20(15(2)31)23(32)30(24)21(25(33)34)26(39-27(35)28(3,4)5)36-19-13-9-17(10-14-19)22(37)16-7-11-18(29)12-8-16/h7-15,20,24,31H,6H2,1-5H3,(H,33,34)/t15-,20+,24-/m1/s1. The van der Waals surface area contributed by atoms with Crippen LogP contribution in [0.4, 0.5) is 4.39 Å². The third-order valence-corrected chi connectivity index (χ3v) is 8.72. The summed E-state index contributed by atoms with van der Waals surface area (Å²) in [5.74, 6) is -2.35. The van der Waals surface area contributed by atoms with Gasteiger partial charge in [-0.15, -0.1) is 11.8 Å². The molecule has 3 atom stereocenters. The number of aliphatic carboxylic acids is 1. The molecular formula is C28H30FNO6S3. The minimum atomic E-state index is -1.44.